The number of para-hydroxylation sites is 1. The van der Waals surface area contributed by atoms with Crippen LogP contribution in [-0.4, -0.2) is 41.6 Å². The van der Waals surface area contributed by atoms with Crippen LogP contribution in [0.25, 0.3) is 10.9 Å². The first-order valence-corrected chi connectivity index (χ1v) is 10.4. The maximum Gasteiger partial charge on any atom is 0.410 e. The van der Waals surface area contributed by atoms with E-state index in [-0.39, 0.29) is 18.6 Å². The number of nitrogens with zero attached hydrogens (tertiary/aromatic N) is 1. The summed E-state index contributed by atoms with van der Waals surface area (Å²) in [4.78, 5) is 29.3. The van der Waals surface area contributed by atoms with Gasteiger partial charge in [-0.3, -0.25) is 0 Å². The number of hydrogen-bond donors (Lipinski definition) is 1. The van der Waals surface area contributed by atoms with Gasteiger partial charge in [0, 0.05) is 36.3 Å². The van der Waals surface area contributed by atoms with Crippen molar-refractivity contribution in [2.45, 2.75) is 32.4 Å². The minimum atomic E-state index is -0.404. The summed E-state index contributed by atoms with van der Waals surface area (Å²) in [6.45, 7) is 2.30. The smallest absolute Gasteiger partial charge is 0.410 e. The molecule has 0 fully saturated rings. The van der Waals surface area contributed by atoms with E-state index < -0.39 is 6.09 Å². The molecule has 0 aliphatic rings. The van der Waals surface area contributed by atoms with Gasteiger partial charge in [0.2, 0.25) is 0 Å². The van der Waals surface area contributed by atoms with Crippen molar-refractivity contribution in [1.29, 1.82) is 0 Å². The molecule has 1 aromatic heterocycles. The molecule has 1 heterocycles. The number of fused-ring (bicyclic) bond motifs is 1. The van der Waals surface area contributed by atoms with Crippen LogP contribution in [0.3, 0.4) is 0 Å². The molecule has 162 valence electrons. The SMILES string of the molecule is CCOC(=O)C=CCC(Cc1c[nH]c2ccccc12)N(C)C(=O)OCc1ccccc1. The summed E-state index contributed by atoms with van der Waals surface area (Å²) in [6, 6.07) is 17.4. The Kier molecular flexibility index (Phi) is 7.87. The number of nitrogens with one attached hydrogen (secondary N) is 1. The largest absolute Gasteiger partial charge is 0.463 e. The molecule has 3 rings (SSSR count). The van der Waals surface area contributed by atoms with Crippen LogP contribution >= 0.6 is 0 Å². The van der Waals surface area contributed by atoms with Gasteiger partial charge in [-0.05, 0) is 37.0 Å². The lowest BCUT2D eigenvalue weighted by Gasteiger charge is -2.27. The number of hydrogen-bond acceptors (Lipinski definition) is 4. The lowest BCUT2D eigenvalue weighted by molar-refractivity contribution is -0.137. The number of aromatic amines is 1. The fourth-order valence-corrected chi connectivity index (χ4v) is 3.41. The van der Waals surface area contributed by atoms with E-state index in [1.807, 2.05) is 54.7 Å². The molecule has 0 aliphatic carbocycles. The molecule has 1 unspecified atom stereocenters. The maximum atomic E-state index is 12.7. The zero-order valence-corrected chi connectivity index (χ0v) is 17.9. The lowest BCUT2D eigenvalue weighted by Crippen LogP contribution is -2.38. The zero-order chi connectivity index (χ0) is 22.1. The Morgan fingerprint density at radius 2 is 1.81 bits per heavy atom. The molecule has 6 heteroatoms. The van der Waals surface area contributed by atoms with Crippen molar-refractivity contribution in [2.24, 2.45) is 0 Å². The zero-order valence-electron chi connectivity index (χ0n) is 17.9. The van der Waals surface area contributed by atoms with E-state index in [0.717, 1.165) is 22.0 Å². The molecule has 2 aromatic carbocycles. The van der Waals surface area contributed by atoms with Crippen molar-refractivity contribution >= 4 is 23.0 Å². The van der Waals surface area contributed by atoms with Gasteiger partial charge in [0.15, 0.2) is 0 Å². The standard InChI is InChI=1S/C25H28N2O4/c1-3-30-24(28)15-9-12-21(16-20-17-26-23-14-8-7-13-22(20)23)27(2)25(29)31-18-19-10-5-4-6-11-19/h4-11,13-15,17,21,26H,3,12,16,18H2,1-2H3. The molecule has 0 spiro atoms. The normalized spacial score (nSPS) is 12.1. The fraction of sp³-hybridized carbons (Fsp3) is 0.280. The summed E-state index contributed by atoms with van der Waals surface area (Å²) in [7, 11) is 1.73. The number of aromatic nitrogens is 1. The van der Waals surface area contributed by atoms with E-state index in [9.17, 15) is 9.59 Å². The van der Waals surface area contributed by atoms with Gasteiger partial charge in [-0.1, -0.05) is 54.6 Å². The van der Waals surface area contributed by atoms with Crippen LogP contribution in [0.4, 0.5) is 4.79 Å². The van der Waals surface area contributed by atoms with Gasteiger partial charge in [0.05, 0.1) is 6.61 Å². The Balaban J connectivity index is 1.72. The monoisotopic (exact) mass is 420 g/mol. The fourth-order valence-electron chi connectivity index (χ4n) is 3.41. The van der Waals surface area contributed by atoms with Crippen molar-refractivity contribution in [2.75, 3.05) is 13.7 Å². The second-order valence-electron chi connectivity index (χ2n) is 7.26. The summed E-state index contributed by atoms with van der Waals surface area (Å²) >= 11 is 0. The minimum absolute atomic E-state index is 0.187. The lowest BCUT2D eigenvalue weighted by atomic mass is 10.0. The molecule has 0 bridgehead atoms. The number of esters is 1. The summed E-state index contributed by atoms with van der Waals surface area (Å²) < 4.78 is 10.5. The van der Waals surface area contributed by atoms with Crippen LogP contribution in [0.15, 0.2) is 72.9 Å². The predicted molar refractivity (Wildman–Crippen MR) is 121 cm³/mol. The van der Waals surface area contributed by atoms with Crippen molar-refractivity contribution < 1.29 is 19.1 Å². The van der Waals surface area contributed by atoms with Crippen LogP contribution in [0.1, 0.15) is 24.5 Å². The highest BCUT2D eigenvalue weighted by molar-refractivity contribution is 5.83. The summed E-state index contributed by atoms with van der Waals surface area (Å²) in [5, 5.41) is 1.12. The van der Waals surface area contributed by atoms with E-state index >= 15 is 0 Å². The Morgan fingerprint density at radius 3 is 2.58 bits per heavy atom. The number of benzene rings is 2. The number of H-pyrrole nitrogens is 1. The number of amides is 1. The number of likely N-dealkylation sites (N-methyl/N-ethyl adjacent to an activating group) is 1. The summed E-state index contributed by atoms with van der Waals surface area (Å²) in [5.74, 6) is -0.386. The summed E-state index contributed by atoms with van der Waals surface area (Å²) in [6.07, 6.45) is 5.84. The molecule has 3 aromatic rings. The molecule has 0 saturated carbocycles. The van der Waals surface area contributed by atoms with E-state index in [1.54, 1.807) is 24.9 Å². The maximum absolute atomic E-state index is 12.7. The first-order valence-electron chi connectivity index (χ1n) is 10.4. The second kappa shape index (κ2) is 11.0. The number of carbonyl (C=O) groups is 2. The molecule has 31 heavy (non-hydrogen) atoms. The second-order valence-corrected chi connectivity index (χ2v) is 7.26. The van der Waals surface area contributed by atoms with Gasteiger partial charge in [0.1, 0.15) is 6.61 Å². The van der Waals surface area contributed by atoms with E-state index in [0.29, 0.717) is 19.4 Å². The van der Waals surface area contributed by atoms with E-state index in [2.05, 4.69) is 11.1 Å². The molecule has 1 atom stereocenters. The molecule has 0 aliphatic heterocycles. The Morgan fingerprint density at radius 1 is 1.06 bits per heavy atom. The first-order chi connectivity index (χ1) is 15.1. The van der Waals surface area contributed by atoms with E-state index in [1.165, 1.54) is 6.08 Å². The van der Waals surface area contributed by atoms with Crippen molar-refractivity contribution in [3.63, 3.8) is 0 Å². The van der Waals surface area contributed by atoms with Gasteiger partial charge in [-0.2, -0.15) is 0 Å². The Hall–Kier alpha value is -3.54. The van der Waals surface area contributed by atoms with Gasteiger partial charge in [0.25, 0.3) is 0 Å². The number of carbonyl (C=O) groups excluding carboxylic acids is 2. The number of ether oxygens (including phenoxy) is 2. The third-order valence-electron chi connectivity index (χ3n) is 5.12. The quantitative estimate of drug-likeness (QED) is 0.396. The predicted octanol–water partition coefficient (Wildman–Crippen LogP) is 4.86. The third-order valence-corrected chi connectivity index (χ3v) is 5.12. The van der Waals surface area contributed by atoms with Crippen LogP contribution in [0.5, 0.6) is 0 Å². The van der Waals surface area contributed by atoms with Gasteiger partial charge >= 0.3 is 12.1 Å². The summed E-state index contributed by atoms with van der Waals surface area (Å²) in [5.41, 5.74) is 3.08. The molecule has 6 nitrogen and oxygen atoms in total. The molecule has 0 saturated heterocycles. The topological polar surface area (TPSA) is 71.6 Å². The van der Waals surface area contributed by atoms with Crippen LogP contribution in [0, 0.1) is 0 Å². The molecular formula is C25H28N2O4. The van der Waals surface area contributed by atoms with Gasteiger partial charge in [-0.25, -0.2) is 9.59 Å². The minimum Gasteiger partial charge on any atom is -0.463 e. The molecule has 1 amide bonds. The first kappa shape index (κ1) is 22.2. The average molecular weight is 421 g/mol. The van der Waals surface area contributed by atoms with Gasteiger partial charge < -0.3 is 19.4 Å². The van der Waals surface area contributed by atoms with Crippen molar-refractivity contribution in [1.82, 2.24) is 9.88 Å². The van der Waals surface area contributed by atoms with Gasteiger partial charge in [-0.15, -0.1) is 0 Å². The van der Waals surface area contributed by atoms with Crippen LogP contribution < -0.4 is 0 Å². The van der Waals surface area contributed by atoms with E-state index in [4.69, 9.17) is 9.47 Å². The highest BCUT2D eigenvalue weighted by atomic mass is 16.6. The Bertz CT molecular complexity index is 1030. The highest BCUT2D eigenvalue weighted by Gasteiger charge is 2.22. The Labute approximate surface area is 182 Å². The van der Waals surface area contributed by atoms with Crippen molar-refractivity contribution in [3.05, 3.63) is 84.1 Å². The number of rotatable bonds is 9. The van der Waals surface area contributed by atoms with Crippen molar-refractivity contribution in [3.8, 4) is 0 Å². The van der Waals surface area contributed by atoms with Crippen LogP contribution in [0.2, 0.25) is 0 Å². The molecular weight excluding hydrogens is 392 g/mol. The molecule has 1 N–H and O–H groups in total. The highest BCUT2D eigenvalue weighted by Crippen LogP contribution is 2.22. The molecule has 0 radical (unpaired) electrons. The van der Waals surface area contributed by atoms with Crippen LogP contribution in [-0.2, 0) is 27.3 Å². The average Bonchev–Trinajstić information content (AvgIpc) is 3.20. The third kappa shape index (κ3) is 6.22.